The van der Waals surface area contributed by atoms with E-state index in [2.05, 4.69) is 15.1 Å². The summed E-state index contributed by atoms with van der Waals surface area (Å²) in [5, 5.41) is 4.69. The summed E-state index contributed by atoms with van der Waals surface area (Å²) < 4.78 is 1.63. The molecule has 2 aromatic heterocycles. The zero-order chi connectivity index (χ0) is 21.1. The highest BCUT2D eigenvalue weighted by Gasteiger charge is 2.21. The van der Waals surface area contributed by atoms with Gasteiger partial charge < -0.3 is 9.88 Å². The smallest absolute Gasteiger partial charge is 0.262 e. The molecule has 1 amide bonds. The number of aromatic amines is 1. The van der Waals surface area contributed by atoms with E-state index < -0.39 is 5.25 Å². The summed E-state index contributed by atoms with van der Waals surface area (Å²) in [6.45, 7) is 2.33. The molecule has 0 aliphatic heterocycles. The number of carbonyl (C=O) groups is 1. The number of nitrogens with zero attached hydrogens (tertiary/aromatic N) is 4. The van der Waals surface area contributed by atoms with E-state index in [1.165, 1.54) is 18.0 Å². The van der Waals surface area contributed by atoms with Crippen LogP contribution in [0, 0.1) is 0 Å². The lowest BCUT2D eigenvalue weighted by molar-refractivity contribution is -0.129. The Bertz CT molecular complexity index is 1220. The lowest BCUT2D eigenvalue weighted by Crippen LogP contribution is -2.33. The van der Waals surface area contributed by atoms with Crippen LogP contribution in [0.2, 0.25) is 0 Å². The Morgan fingerprint density at radius 2 is 1.80 bits per heavy atom. The zero-order valence-electron chi connectivity index (χ0n) is 16.6. The predicted octanol–water partition coefficient (Wildman–Crippen LogP) is 3.25. The minimum Gasteiger partial charge on any atom is -0.340 e. The first-order chi connectivity index (χ1) is 14.5. The number of hydrogen-bond donors (Lipinski definition) is 1. The first-order valence-electron chi connectivity index (χ1n) is 9.52. The minimum atomic E-state index is -0.410. The summed E-state index contributed by atoms with van der Waals surface area (Å²) in [7, 11) is 1.77. The highest BCUT2D eigenvalue weighted by molar-refractivity contribution is 8.00. The summed E-state index contributed by atoms with van der Waals surface area (Å²) in [5.41, 5.74) is 2.06. The third-order valence-electron chi connectivity index (χ3n) is 4.69. The molecule has 0 bridgehead atoms. The van der Waals surface area contributed by atoms with Crippen molar-refractivity contribution in [1.29, 1.82) is 0 Å². The maximum atomic E-state index is 12.8. The molecular weight excluding hydrogens is 398 g/mol. The molecule has 7 nitrogen and oxygen atoms in total. The molecule has 4 rings (SSSR count). The molecule has 1 atom stereocenters. The van der Waals surface area contributed by atoms with Crippen LogP contribution in [0.4, 0.5) is 0 Å². The molecule has 0 unspecified atom stereocenters. The van der Waals surface area contributed by atoms with Gasteiger partial charge >= 0.3 is 0 Å². The van der Waals surface area contributed by atoms with Gasteiger partial charge in [-0.15, -0.1) is 0 Å². The van der Waals surface area contributed by atoms with Gasteiger partial charge in [-0.2, -0.15) is 5.10 Å². The molecule has 0 radical (unpaired) electrons. The number of para-hydroxylation sites is 1. The Balaban J connectivity index is 1.56. The molecule has 0 aliphatic carbocycles. The molecule has 0 fully saturated rings. The fourth-order valence-corrected chi connectivity index (χ4v) is 4.08. The molecular formula is C22H21N5O2S. The number of thioether (sulfide) groups is 1. The van der Waals surface area contributed by atoms with Crippen molar-refractivity contribution in [2.24, 2.45) is 0 Å². The Kier molecular flexibility index (Phi) is 5.67. The molecule has 0 saturated heterocycles. The molecule has 152 valence electrons. The molecule has 0 aliphatic rings. The van der Waals surface area contributed by atoms with Crippen LogP contribution in [0.1, 0.15) is 12.5 Å². The SMILES string of the molecule is C[C@H](Sc1nc2c(cnn2-c2ccccc2)c(=O)[nH]1)C(=O)N(C)Cc1ccccc1. The lowest BCUT2D eigenvalue weighted by atomic mass is 10.2. The van der Waals surface area contributed by atoms with Crippen LogP contribution in [0.25, 0.3) is 16.7 Å². The molecule has 0 spiro atoms. The third kappa shape index (κ3) is 4.13. The average molecular weight is 420 g/mol. The van der Waals surface area contributed by atoms with Gasteiger partial charge in [0.1, 0.15) is 5.39 Å². The molecule has 2 heterocycles. The number of benzene rings is 2. The van der Waals surface area contributed by atoms with Gasteiger partial charge in [0.05, 0.1) is 17.1 Å². The number of amides is 1. The van der Waals surface area contributed by atoms with Crippen LogP contribution in [0.15, 0.2) is 76.8 Å². The van der Waals surface area contributed by atoms with E-state index in [-0.39, 0.29) is 11.5 Å². The zero-order valence-corrected chi connectivity index (χ0v) is 17.5. The van der Waals surface area contributed by atoms with Crippen LogP contribution >= 0.6 is 11.8 Å². The van der Waals surface area contributed by atoms with E-state index in [0.29, 0.717) is 22.7 Å². The van der Waals surface area contributed by atoms with Gasteiger partial charge in [-0.3, -0.25) is 9.59 Å². The Hall–Kier alpha value is -3.39. The normalized spacial score (nSPS) is 12.1. The average Bonchev–Trinajstić information content (AvgIpc) is 3.19. The Labute approximate surface area is 177 Å². The maximum absolute atomic E-state index is 12.8. The fourth-order valence-electron chi connectivity index (χ4n) is 3.18. The fraction of sp³-hybridized carbons (Fsp3) is 0.182. The van der Waals surface area contributed by atoms with E-state index in [1.807, 2.05) is 67.6 Å². The molecule has 0 saturated carbocycles. The van der Waals surface area contributed by atoms with Crippen molar-refractivity contribution >= 4 is 28.7 Å². The number of rotatable bonds is 6. The van der Waals surface area contributed by atoms with Crippen molar-refractivity contribution < 1.29 is 4.79 Å². The van der Waals surface area contributed by atoms with Gasteiger partial charge in [-0.05, 0) is 24.6 Å². The second-order valence-electron chi connectivity index (χ2n) is 6.94. The van der Waals surface area contributed by atoms with E-state index in [9.17, 15) is 9.59 Å². The summed E-state index contributed by atoms with van der Waals surface area (Å²) in [5.74, 6) is -0.0387. The van der Waals surface area contributed by atoms with Gasteiger partial charge in [-0.1, -0.05) is 60.3 Å². The lowest BCUT2D eigenvalue weighted by Gasteiger charge is -2.21. The van der Waals surface area contributed by atoms with Gasteiger partial charge in [0.2, 0.25) is 5.91 Å². The van der Waals surface area contributed by atoms with Gasteiger partial charge in [-0.25, -0.2) is 9.67 Å². The number of hydrogen-bond acceptors (Lipinski definition) is 5. The standard InChI is InChI=1S/C22H21N5O2S/c1-15(21(29)26(2)14-16-9-5-3-6-10-16)30-22-24-19-18(20(28)25-22)13-23-27(19)17-11-7-4-8-12-17/h3-13,15H,14H2,1-2H3,(H,24,25,28)/t15-/m0/s1. The summed E-state index contributed by atoms with van der Waals surface area (Å²) >= 11 is 1.23. The van der Waals surface area contributed by atoms with E-state index >= 15 is 0 Å². The number of nitrogens with one attached hydrogen (secondary N) is 1. The Morgan fingerprint density at radius 1 is 1.13 bits per heavy atom. The number of aromatic nitrogens is 4. The van der Waals surface area contributed by atoms with Crippen LogP contribution in [-0.4, -0.2) is 42.9 Å². The molecule has 8 heteroatoms. The number of carbonyl (C=O) groups excluding carboxylic acids is 1. The quantitative estimate of drug-likeness (QED) is 0.383. The van der Waals surface area contributed by atoms with Crippen LogP contribution in [0.3, 0.4) is 0 Å². The van der Waals surface area contributed by atoms with Crippen molar-refractivity contribution in [3.8, 4) is 5.69 Å². The van der Waals surface area contributed by atoms with Gasteiger partial charge in [0.15, 0.2) is 10.8 Å². The minimum absolute atomic E-state index is 0.0387. The summed E-state index contributed by atoms with van der Waals surface area (Å²) in [6, 6.07) is 19.3. The topological polar surface area (TPSA) is 83.9 Å². The van der Waals surface area contributed by atoms with Crippen LogP contribution in [-0.2, 0) is 11.3 Å². The van der Waals surface area contributed by atoms with E-state index in [1.54, 1.807) is 16.6 Å². The number of H-pyrrole nitrogens is 1. The first-order valence-corrected chi connectivity index (χ1v) is 10.4. The Morgan fingerprint density at radius 3 is 2.50 bits per heavy atom. The second-order valence-corrected chi connectivity index (χ2v) is 8.27. The molecule has 30 heavy (non-hydrogen) atoms. The third-order valence-corrected chi connectivity index (χ3v) is 5.66. The molecule has 2 aromatic carbocycles. The van der Waals surface area contributed by atoms with Crippen molar-refractivity contribution in [3.05, 3.63) is 82.8 Å². The summed E-state index contributed by atoms with van der Waals surface area (Å²) in [4.78, 5) is 34.3. The largest absolute Gasteiger partial charge is 0.340 e. The van der Waals surface area contributed by atoms with E-state index in [4.69, 9.17) is 0 Å². The van der Waals surface area contributed by atoms with Crippen LogP contribution < -0.4 is 5.56 Å². The van der Waals surface area contributed by atoms with Crippen molar-refractivity contribution in [2.45, 2.75) is 23.9 Å². The maximum Gasteiger partial charge on any atom is 0.262 e. The highest BCUT2D eigenvalue weighted by atomic mass is 32.2. The van der Waals surface area contributed by atoms with Crippen LogP contribution in [0.5, 0.6) is 0 Å². The van der Waals surface area contributed by atoms with Crippen molar-refractivity contribution in [1.82, 2.24) is 24.6 Å². The molecule has 1 N–H and O–H groups in total. The predicted molar refractivity (Wildman–Crippen MR) is 118 cm³/mol. The highest BCUT2D eigenvalue weighted by Crippen LogP contribution is 2.23. The van der Waals surface area contributed by atoms with Crippen molar-refractivity contribution in [2.75, 3.05) is 7.05 Å². The molecule has 4 aromatic rings. The van der Waals surface area contributed by atoms with Gasteiger partial charge in [0, 0.05) is 13.6 Å². The monoisotopic (exact) mass is 419 g/mol. The van der Waals surface area contributed by atoms with Crippen molar-refractivity contribution in [3.63, 3.8) is 0 Å². The summed E-state index contributed by atoms with van der Waals surface area (Å²) in [6.07, 6.45) is 1.50. The second kappa shape index (κ2) is 8.54. The van der Waals surface area contributed by atoms with Gasteiger partial charge in [0.25, 0.3) is 5.56 Å². The first kappa shape index (κ1) is 19.9. The number of fused-ring (bicyclic) bond motifs is 1. The van der Waals surface area contributed by atoms with E-state index in [0.717, 1.165) is 11.3 Å².